The Labute approximate surface area is 170 Å². The molecule has 0 atom stereocenters. The zero-order valence-electron chi connectivity index (χ0n) is 16.2. The van der Waals surface area contributed by atoms with Gasteiger partial charge in [0.25, 0.3) is 5.91 Å². The summed E-state index contributed by atoms with van der Waals surface area (Å²) in [6.45, 7) is 7.47. The molecule has 0 unspecified atom stereocenters. The van der Waals surface area contributed by atoms with Crippen LogP contribution in [0.25, 0.3) is 6.08 Å². The van der Waals surface area contributed by atoms with E-state index in [1.165, 1.54) is 5.56 Å². The SMILES string of the molecule is CC(C)(C)c1ccc(OCCOc2ccc(/C=C3/NC(=S)NC3=O)cc2)cc1. The van der Waals surface area contributed by atoms with Crippen LogP contribution in [-0.4, -0.2) is 24.2 Å². The predicted octanol–water partition coefficient (Wildman–Crippen LogP) is 3.79. The lowest BCUT2D eigenvalue weighted by atomic mass is 9.87. The summed E-state index contributed by atoms with van der Waals surface area (Å²) >= 11 is 4.91. The highest BCUT2D eigenvalue weighted by Crippen LogP contribution is 2.24. The lowest BCUT2D eigenvalue weighted by Crippen LogP contribution is -2.21. The van der Waals surface area contributed by atoms with Gasteiger partial charge in [0.2, 0.25) is 0 Å². The van der Waals surface area contributed by atoms with Crippen LogP contribution in [-0.2, 0) is 10.2 Å². The van der Waals surface area contributed by atoms with Crippen LogP contribution in [0.15, 0.2) is 54.2 Å². The van der Waals surface area contributed by atoms with E-state index in [9.17, 15) is 4.79 Å². The molecular formula is C22H24N2O3S. The summed E-state index contributed by atoms with van der Waals surface area (Å²) in [5.41, 5.74) is 2.72. The highest BCUT2D eigenvalue weighted by molar-refractivity contribution is 7.80. The van der Waals surface area contributed by atoms with Gasteiger partial charge in [-0.3, -0.25) is 10.1 Å². The van der Waals surface area contributed by atoms with E-state index in [0.29, 0.717) is 24.0 Å². The molecule has 1 amide bonds. The van der Waals surface area contributed by atoms with Crippen LogP contribution < -0.4 is 20.1 Å². The summed E-state index contributed by atoms with van der Waals surface area (Å²) in [6, 6.07) is 15.6. The van der Waals surface area contributed by atoms with E-state index in [2.05, 4.69) is 43.5 Å². The van der Waals surface area contributed by atoms with Crippen LogP contribution in [0.2, 0.25) is 0 Å². The zero-order valence-corrected chi connectivity index (χ0v) is 17.1. The van der Waals surface area contributed by atoms with Gasteiger partial charge < -0.3 is 14.8 Å². The first-order chi connectivity index (χ1) is 13.3. The van der Waals surface area contributed by atoms with Gasteiger partial charge in [-0.05, 0) is 59.1 Å². The van der Waals surface area contributed by atoms with Crippen molar-refractivity contribution >= 4 is 29.3 Å². The smallest absolute Gasteiger partial charge is 0.273 e. The Balaban J connectivity index is 1.46. The summed E-state index contributed by atoms with van der Waals surface area (Å²) in [7, 11) is 0. The third-order valence-electron chi connectivity index (χ3n) is 4.25. The van der Waals surface area contributed by atoms with Gasteiger partial charge in [0.15, 0.2) is 5.11 Å². The first-order valence-electron chi connectivity index (χ1n) is 9.11. The quantitative estimate of drug-likeness (QED) is 0.442. The van der Waals surface area contributed by atoms with Gasteiger partial charge in [-0.1, -0.05) is 45.0 Å². The number of amides is 1. The van der Waals surface area contributed by atoms with Crippen molar-refractivity contribution in [3.05, 3.63) is 65.4 Å². The molecule has 28 heavy (non-hydrogen) atoms. The third-order valence-corrected chi connectivity index (χ3v) is 4.46. The van der Waals surface area contributed by atoms with Crippen molar-refractivity contribution in [1.82, 2.24) is 10.6 Å². The fourth-order valence-corrected chi connectivity index (χ4v) is 2.88. The Morgan fingerprint density at radius 3 is 1.89 bits per heavy atom. The molecule has 2 N–H and O–H groups in total. The van der Waals surface area contributed by atoms with Gasteiger partial charge >= 0.3 is 0 Å². The Kier molecular flexibility index (Phi) is 5.99. The van der Waals surface area contributed by atoms with E-state index in [1.807, 2.05) is 36.4 Å². The van der Waals surface area contributed by atoms with Crippen LogP contribution >= 0.6 is 12.2 Å². The lowest BCUT2D eigenvalue weighted by Gasteiger charge is -2.19. The van der Waals surface area contributed by atoms with Crippen molar-refractivity contribution in [2.75, 3.05) is 13.2 Å². The van der Waals surface area contributed by atoms with E-state index >= 15 is 0 Å². The van der Waals surface area contributed by atoms with Crippen LogP contribution in [0.3, 0.4) is 0 Å². The van der Waals surface area contributed by atoms with Crippen molar-refractivity contribution in [3.8, 4) is 11.5 Å². The number of hydrogen-bond acceptors (Lipinski definition) is 4. The Morgan fingerprint density at radius 1 is 0.893 bits per heavy atom. The molecule has 0 bridgehead atoms. The Morgan fingerprint density at radius 2 is 1.43 bits per heavy atom. The maximum Gasteiger partial charge on any atom is 0.273 e. The first-order valence-corrected chi connectivity index (χ1v) is 9.52. The van der Waals surface area contributed by atoms with E-state index in [1.54, 1.807) is 6.08 Å². The van der Waals surface area contributed by atoms with Crippen molar-refractivity contribution in [2.45, 2.75) is 26.2 Å². The number of hydrogen-bond donors (Lipinski definition) is 2. The monoisotopic (exact) mass is 396 g/mol. The fraction of sp³-hybridized carbons (Fsp3) is 0.273. The molecule has 1 aliphatic heterocycles. The predicted molar refractivity (Wildman–Crippen MR) is 114 cm³/mol. The van der Waals surface area contributed by atoms with E-state index in [-0.39, 0.29) is 11.3 Å². The topological polar surface area (TPSA) is 59.6 Å². The summed E-state index contributed by atoms with van der Waals surface area (Å²) in [6.07, 6.45) is 1.74. The number of rotatable bonds is 6. The second-order valence-electron chi connectivity index (χ2n) is 7.51. The summed E-state index contributed by atoms with van der Waals surface area (Å²) in [5, 5.41) is 5.67. The minimum Gasteiger partial charge on any atom is -0.490 e. The number of ether oxygens (including phenoxy) is 2. The Hall–Kier alpha value is -2.86. The standard InChI is InChI=1S/C22H24N2O3S/c1-22(2,3)16-6-10-18(11-7-16)27-13-12-26-17-8-4-15(5-9-17)14-19-20(25)24-21(28)23-19/h4-11,14H,12-13H2,1-3H3,(H2,23,24,25,28)/b19-14+. The molecular weight excluding hydrogens is 372 g/mol. The molecule has 0 aliphatic carbocycles. The third kappa shape index (κ3) is 5.33. The fourth-order valence-electron chi connectivity index (χ4n) is 2.68. The van der Waals surface area contributed by atoms with E-state index in [4.69, 9.17) is 21.7 Å². The molecule has 6 heteroatoms. The molecule has 5 nitrogen and oxygen atoms in total. The highest BCUT2D eigenvalue weighted by Gasteiger charge is 2.19. The van der Waals surface area contributed by atoms with Crippen molar-refractivity contribution in [3.63, 3.8) is 0 Å². The molecule has 3 rings (SSSR count). The average molecular weight is 397 g/mol. The molecule has 2 aromatic carbocycles. The van der Waals surface area contributed by atoms with Gasteiger partial charge in [-0.25, -0.2) is 0 Å². The van der Waals surface area contributed by atoms with Crippen molar-refractivity contribution in [2.24, 2.45) is 0 Å². The highest BCUT2D eigenvalue weighted by atomic mass is 32.1. The molecule has 0 radical (unpaired) electrons. The minimum atomic E-state index is -0.224. The summed E-state index contributed by atoms with van der Waals surface area (Å²) in [4.78, 5) is 11.6. The van der Waals surface area contributed by atoms with Crippen LogP contribution in [0.5, 0.6) is 11.5 Å². The molecule has 0 saturated carbocycles. The largest absolute Gasteiger partial charge is 0.490 e. The number of thiocarbonyl (C=S) groups is 1. The summed E-state index contributed by atoms with van der Waals surface area (Å²) in [5.74, 6) is 1.35. The van der Waals surface area contributed by atoms with Gasteiger partial charge in [0.1, 0.15) is 30.4 Å². The van der Waals surface area contributed by atoms with E-state index in [0.717, 1.165) is 17.1 Å². The molecule has 0 spiro atoms. The van der Waals surface area contributed by atoms with Gasteiger partial charge in [-0.15, -0.1) is 0 Å². The second kappa shape index (κ2) is 8.44. The van der Waals surface area contributed by atoms with Gasteiger partial charge in [0.05, 0.1) is 0 Å². The molecule has 1 fully saturated rings. The van der Waals surface area contributed by atoms with Crippen molar-refractivity contribution in [1.29, 1.82) is 0 Å². The molecule has 0 aromatic heterocycles. The van der Waals surface area contributed by atoms with Gasteiger partial charge in [0, 0.05) is 0 Å². The summed E-state index contributed by atoms with van der Waals surface area (Å²) < 4.78 is 11.4. The number of carbonyl (C=O) groups excluding carboxylic acids is 1. The second-order valence-corrected chi connectivity index (χ2v) is 7.91. The molecule has 1 heterocycles. The van der Waals surface area contributed by atoms with Crippen LogP contribution in [0, 0.1) is 0 Å². The Bertz CT molecular complexity index is 881. The number of carbonyl (C=O) groups is 1. The maximum atomic E-state index is 11.6. The van der Waals surface area contributed by atoms with Gasteiger partial charge in [-0.2, -0.15) is 0 Å². The molecule has 1 aliphatic rings. The van der Waals surface area contributed by atoms with Crippen molar-refractivity contribution < 1.29 is 14.3 Å². The minimum absolute atomic E-state index is 0.132. The normalized spacial score (nSPS) is 15.3. The first kappa shape index (κ1) is 19.9. The van der Waals surface area contributed by atoms with Crippen LogP contribution in [0.1, 0.15) is 31.9 Å². The van der Waals surface area contributed by atoms with Crippen LogP contribution in [0.4, 0.5) is 0 Å². The average Bonchev–Trinajstić information content (AvgIpc) is 2.97. The number of nitrogens with one attached hydrogen (secondary N) is 2. The molecule has 146 valence electrons. The maximum absolute atomic E-state index is 11.6. The zero-order chi connectivity index (χ0) is 20.1. The lowest BCUT2D eigenvalue weighted by molar-refractivity contribution is -0.115. The molecule has 1 saturated heterocycles. The molecule has 2 aromatic rings. The number of benzene rings is 2. The van der Waals surface area contributed by atoms with E-state index < -0.39 is 0 Å².